The number of carbonyl (C=O) groups is 1. The molecule has 0 aliphatic rings. The van der Waals surface area contributed by atoms with Crippen molar-refractivity contribution in [1.82, 2.24) is 10.5 Å². The lowest BCUT2D eigenvalue weighted by Crippen LogP contribution is -2.23. The number of benzene rings is 1. The van der Waals surface area contributed by atoms with Gasteiger partial charge in [-0.05, 0) is 32.0 Å². The number of rotatable bonds is 4. The van der Waals surface area contributed by atoms with Gasteiger partial charge >= 0.3 is 0 Å². The Labute approximate surface area is 123 Å². The minimum atomic E-state index is -0.174. The van der Waals surface area contributed by atoms with Crippen LogP contribution in [0.25, 0.3) is 0 Å². The zero-order valence-corrected chi connectivity index (χ0v) is 12.7. The van der Waals surface area contributed by atoms with Gasteiger partial charge in [-0.25, -0.2) is 0 Å². The number of nitrogens with zero attached hydrogens (tertiary/aromatic N) is 2. The van der Waals surface area contributed by atoms with E-state index in [-0.39, 0.29) is 5.91 Å². The predicted octanol–water partition coefficient (Wildman–Crippen LogP) is 1.87. The monoisotopic (exact) mass is 288 g/mol. The Kier molecular flexibility index (Phi) is 4.16. The van der Waals surface area contributed by atoms with Gasteiger partial charge in [0.15, 0.2) is 0 Å². The maximum absolute atomic E-state index is 12.2. The number of hydrogen-bond acceptors (Lipinski definition) is 5. The molecule has 21 heavy (non-hydrogen) atoms. The molecule has 0 saturated carbocycles. The van der Waals surface area contributed by atoms with E-state index in [1.165, 1.54) is 0 Å². The molecule has 1 heterocycles. The van der Waals surface area contributed by atoms with E-state index < -0.39 is 0 Å². The first kappa shape index (κ1) is 14.9. The van der Waals surface area contributed by atoms with Crippen molar-refractivity contribution in [1.29, 1.82) is 0 Å². The molecule has 0 saturated heterocycles. The fourth-order valence-electron chi connectivity index (χ4n) is 2.13. The lowest BCUT2D eigenvalue weighted by molar-refractivity contribution is 0.0951. The highest BCUT2D eigenvalue weighted by Crippen LogP contribution is 2.22. The molecular formula is C15H20N4O2. The third-order valence-electron chi connectivity index (χ3n) is 3.38. The van der Waals surface area contributed by atoms with Crippen LogP contribution in [0.2, 0.25) is 0 Å². The number of hydrogen-bond donors (Lipinski definition) is 2. The Bertz CT molecular complexity index is 642. The van der Waals surface area contributed by atoms with Gasteiger partial charge in [0.1, 0.15) is 5.76 Å². The highest BCUT2D eigenvalue weighted by Gasteiger charge is 2.12. The van der Waals surface area contributed by atoms with E-state index in [0.29, 0.717) is 17.8 Å². The minimum Gasteiger partial charge on any atom is -0.397 e. The maximum Gasteiger partial charge on any atom is 0.251 e. The molecule has 0 radical (unpaired) electrons. The van der Waals surface area contributed by atoms with Crippen LogP contribution in [-0.2, 0) is 6.54 Å². The fraction of sp³-hybridized carbons (Fsp3) is 0.333. The van der Waals surface area contributed by atoms with Gasteiger partial charge in [0.2, 0.25) is 0 Å². The molecule has 6 heteroatoms. The molecule has 1 aromatic heterocycles. The van der Waals surface area contributed by atoms with Crippen LogP contribution in [0, 0.1) is 13.8 Å². The van der Waals surface area contributed by atoms with Crippen molar-refractivity contribution < 1.29 is 9.32 Å². The molecule has 0 spiro atoms. The summed E-state index contributed by atoms with van der Waals surface area (Å²) in [4.78, 5) is 14.1. The second-order valence-electron chi connectivity index (χ2n) is 5.15. The molecule has 0 bridgehead atoms. The molecule has 112 valence electrons. The first-order valence-corrected chi connectivity index (χ1v) is 6.67. The average Bonchev–Trinajstić information content (AvgIpc) is 2.75. The Morgan fingerprint density at radius 2 is 2.10 bits per heavy atom. The van der Waals surface area contributed by atoms with Gasteiger partial charge in [-0.3, -0.25) is 4.79 Å². The topological polar surface area (TPSA) is 84.4 Å². The summed E-state index contributed by atoms with van der Waals surface area (Å²) in [5.41, 5.74) is 9.64. The van der Waals surface area contributed by atoms with Crippen molar-refractivity contribution in [3.63, 3.8) is 0 Å². The van der Waals surface area contributed by atoms with Crippen LogP contribution in [0.1, 0.15) is 27.4 Å². The number of nitrogens with one attached hydrogen (secondary N) is 1. The number of aromatic nitrogens is 1. The third kappa shape index (κ3) is 3.16. The summed E-state index contributed by atoms with van der Waals surface area (Å²) < 4.78 is 5.07. The Hall–Kier alpha value is -2.50. The van der Waals surface area contributed by atoms with Crippen LogP contribution in [0.5, 0.6) is 0 Å². The predicted molar refractivity (Wildman–Crippen MR) is 82.3 cm³/mol. The molecular weight excluding hydrogens is 268 g/mol. The zero-order chi connectivity index (χ0) is 15.6. The third-order valence-corrected chi connectivity index (χ3v) is 3.38. The van der Waals surface area contributed by atoms with Crippen LogP contribution >= 0.6 is 0 Å². The van der Waals surface area contributed by atoms with Crippen LogP contribution in [0.3, 0.4) is 0 Å². The zero-order valence-electron chi connectivity index (χ0n) is 12.7. The molecule has 0 aliphatic carbocycles. The van der Waals surface area contributed by atoms with Gasteiger partial charge in [-0.15, -0.1) is 0 Å². The number of amides is 1. The van der Waals surface area contributed by atoms with Crippen molar-refractivity contribution in [3.8, 4) is 0 Å². The first-order chi connectivity index (χ1) is 9.90. The first-order valence-electron chi connectivity index (χ1n) is 6.67. The summed E-state index contributed by atoms with van der Waals surface area (Å²) in [6.07, 6.45) is 0. The summed E-state index contributed by atoms with van der Waals surface area (Å²) in [6.45, 7) is 4.06. The second kappa shape index (κ2) is 5.87. The molecule has 1 aromatic carbocycles. The summed E-state index contributed by atoms with van der Waals surface area (Å²) >= 11 is 0. The normalized spacial score (nSPS) is 10.5. The molecule has 2 aromatic rings. The Morgan fingerprint density at radius 3 is 2.62 bits per heavy atom. The fourth-order valence-corrected chi connectivity index (χ4v) is 2.13. The maximum atomic E-state index is 12.2. The second-order valence-corrected chi connectivity index (χ2v) is 5.15. The van der Waals surface area contributed by atoms with Crippen LogP contribution in [-0.4, -0.2) is 25.2 Å². The lowest BCUT2D eigenvalue weighted by atomic mass is 10.1. The lowest BCUT2D eigenvalue weighted by Gasteiger charge is -2.15. The smallest absolute Gasteiger partial charge is 0.251 e. The number of carbonyl (C=O) groups excluding carboxylic acids is 1. The van der Waals surface area contributed by atoms with Crippen molar-refractivity contribution in [2.45, 2.75) is 20.4 Å². The van der Waals surface area contributed by atoms with Gasteiger partial charge < -0.3 is 20.5 Å². The largest absolute Gasteiger partial charge is 0.397 e. The van der Waals surface area contributed by atoms with E-state index in [9.17, 15) is 4.79 Å². The molecule has 3 N–H and O–H groups in total. The summed E-state index contributed by atoms with van der Waals surface area (Å²) in [6, 6.07) is 5.27. The van der Waals surface area contributed by atoms with Gasteiger partial charge in [0.25, 0.3) is 5.91 Å². The molecule has 0 unspecified atom stereocenters. The van der Waals surface area contributed by atoms with E-state index in [1.807, 2.05) is 38.9 Å². The standard InChI is InChI=1S/C15H20N4O2/c1-9-12(10(2)21-18-9)8-17-15(20)11-5-6-14(19(3)4)13(16)7-11/h5-7H,8,16H2,1-4H3,(H,17,20). The van der Waals surface area contributed by atoms with E-state index in [0.717, 1.165) is 22.7 Å². The van der Waals surface area contributed by atoms with Crippen molar-refractivity contribution >= 4 is 17.3 Å². The van der Waals surface area contributed by atoms with Crippen molar-refractivity contribution in [2.75, 3.05) is 24.7 Å². The highest BCUT2D eigenvalue weighted by atomic mass is 16.5. The molecule has 0 aliphatic heterocycles. The molecule has 0 atom stereocenters. The van der Waals surface area contributed by atoms with Crippen molar-refractivity contribution in [2.24, 2.45) is 0 Å². The van der Waals surface area contributed by atoms with Crippen LogP contribution in [0.4, 0.5) is 11.4 Å². The average molecular weight is 288 g/mol. The number of nitrogens with two attached hydrogens (primary N) is 1. The van der Waals surface area contributed by atoms with Crippen molar-refractivity contribution in [3.05, 3.63) is 40.8 Å². The SMILES string of the molecule is Cc1noc(C)c1CNC(=O)c1ccc(N(C)C)c(N)c1. The molecule has 1 amide bonds. The van der Waals surface area contributed by atoms with Gasteiger partial charge in [-0.1, -0.05) is 5.16 Å². The number of nitrogen functional groups attached to an aromatic ring is 1. The molecule has 6 nitrogen and oxygen atoms in total. The molecule has 0 fully saturated rings. The highest BCUT2D eigenvalue weighted by molar-refractivity contribution is 5.96. The molecule has 2 rings (SSSR count). The van der Waals surface area contributed by atoms with E-state index >= 15 is 0 Å². The van der Waals surface area contributed by atoms with Crippen LogP contribution in [0.15, 0.2) is 22.7 Å². The summed E-state index contributed by atoms with van der Waals surface area (Å²) in [7, 11) is 3.81. The van der Waals surface area contributed by atoms with E-state index in [2.05, 4.69) is 10.5 Å². The van der Waals surface area contributed by atoms with Gasteiger partial charge in [0, 0.05) is 31.8 Å². The van der Waals surface area contributed by atoms with Gasteiger partial charge in [0.05, 0.1) is 17.1 Å². The van der Waals surface area contributed by atoms with Crippen LogP contribution < -0.4 is 16.0 Å². The number of anilines is 2. The summed E-state index contributed by atoms with van der Waals surface area (Å²) in [5, 5.41) is 6.71. The van der Waals surface area contributed by atoms with E-state index in [1.54, 1.807) is 12.1 Å². The summed E-state index contributed by atoms with van der Waals surface area (Å²) in [5.74, 6) is 0.544. The van der Waals surface area contributed by atoms with Gasteiger partial charge in [-0.2, -0.15) is 0 Å². The number of aryl methyl sites for hydroxylation is 2. The van der Waals surface area contributed by atoms with E-state index in [4.69, 9.17) is 10.3 Å². The minimum absolute atomic E-state index is 0.174. The Morgan fingerprint density at radius 1 is 1.38 bits per heavy atom. The Balaban J connectivity index is 2.09. The quantitative estimate of drug-likeness (QED) is 0.839.